The van der Waals surface area contributed by atoms with Crippen LogP contribution in [0.2, 0.25) is 0 Å². The van der Waals surface area contributed by atoms with E-state index in [0.29, 0.717) is 17.3 Å². The first kappa shape index (κ1) is 16.1. The molecule has 0 spiro atoms. The second-order valence-electron chi connectivity index (χ2n) is 6.31. The second kappa shape index (κ2) is 6.18. The number of carbonyl (C=O) groups excluding carboxylic acids is 1. The van der Waals surface area contributed by atoms with Gasteiger partial charge >= 0.3 is 0 Å². The van der Waals surface area contributed by atoms with Crippen LogP contribution in [-0.4, -0.2) is 20.7 Å². The summed E-state index contributed by atoms with van der Waals surface area (Å²) in [5.41, 5.74) is 4.21. The van der Waals surface area contributed by atoms with Gasteiger partial charge in [-0.25, -0.2) is 4.68 Å². The Morgan fingerprint density at radius 3 is 2.85 bits per heavy atom. The predicted octanol–water partition coefficient (Wildman–Crippen LogP) is 3.42. The summed E-state index contributed by atoms with van der Waals surface area (Å²) in [6, 6.07) is 9.00. The standard InChI is InChI=1S/C19H19N5O2/c1-11-6-4-7-14(12(11)2)23-18(25)16-13(3)22-19-20-10-21-24(19)17(16)15-8-5-9-26-15/h4-10,17H,1-3H3,(H,23,25)(H,20,21,22). The molecule has 0 saturated carbocycles. The molecule has 0 radical (unpaired) electrons. The largest absolute Gasteiger partial charge is 0.467 e. The number of furan rings is 1. The molecule has 1 unspecified atom stereocenters. The summed E-state index contributed by atoms with van der Waals surface area (Å²) in [4.78, 5) is 17.4. The van der Waals surface area contributed by atoms with Crippen molar-refractivity contribution in [1.29, 1.82) is 0 Å². The van der Waals surface area contributed by atoms with Crippen molar-refractivity contribution in [3.05, 3.63) is 71.1 Å². The molecule has 0 saturated heterocycles. The van der Waals surface area contributed by atoms with Gasteiger partial charge in [-0.3, -0.25) is 4.79 Å². The third-order valence-corrected chi connectivity index (χ3v) is 4.70. The van der Waals surface area contributed by atoms with E-state index in [0.717, 1.165) is 22.5 Å². The van der Waals surface area contributed by atoms with Gasteiger partial charge < -0.3 is 15.1 Å². The first-order valence-corrected chi connectivity index (χ1v) is 8.34. The molecule has 0 aliphatic carbocycles. The van der Waals surface area contributed by atoms with Crippen LogP contribution in [0.4, 0.5) is 11.6 Å². The van der Waals surface area contributed by atoms with Crippen LogP contribution in [0.25, 0.3) is 0 Å². The van der Waals surface area contributed by atoms with E-state index in [4.69, 9.17) is 4.42 Å². The molecule has 0 bridgehead atoms. The lowest BCUT2D eigenvalue weighted by atomic mass is 9.99. The summed E-state index contributed by atoms with van der Waals surface area (Å²) in [5.74, 6) is 1.00. The fourth-order valence-electron chi connectivity index (χ4n) is 3.17. The van der Waals surface area contributed by atoms with Crippen LogP contribution in [0.3, 0.4) is 0 Å². The van der Waals surface area contributed by atoms with Crippen molar-refractivity contribution in [3.63, 3.8) is 0 Å². The van der Waals surface area contributed by atoms with E-state index in [9.17, 15) is 4.79 Å². The zero-order valence-corrected chi connectivity index (χ0v) is 14.8. The third kappa shape index (κ3) is 2.57. The van der Waals surface area contributed by atoms with Crippen molar-refractivity contribution in [2.45, 2.75) is 26.8 Å². The molecule has 132 valence electrons. The normalized spacial score (nSPS) is 16.2. The minimum Gasteiger partial charge on any atom is -0.467 e. The number of nitrogens with zero attached hydrogens (tertiary/aromatic N) is 3. The molecular weight excluding hydrogens is 330 g/mol. The number of fused-ring (bicyclic) bond motifs is 1. The molecule has 2 N–H and O–H groups in total. The van der Waals surface area contributed by atoms with E-state index in [1.165, 1.54) is 6.33 Å². The highest BCUT2D eigenvalue weighted by Crippen LogP contribution is 2.35. The van der Waals surface area contributed by atoms with Crippen LogP contribution >= 0.6 is 0 Å². The van der Waals surface area contributed by atoms with Crippen LogP contribution in [0, 0.1) is 13.8 Å². The Morgan fingerprint density at radius 2 is 2.08 bits per heavy atom. The molecule has 2 aromatic heterocycles. The number of aryl methyl sites for hydroxylation is 1. The lowest BCUT2D eigenvalue weighted by molar-refractivity contribution is -0.113. The topological polar surface area (TPSA) is 85.0 Å². The zero-order chi connectivity index (χ0) is 18.3. The van der Waals surface area contributed by atoms with Crippen LogP contribution in [-0.2, 0) is 4.79 Å². The molecule has 1 amide bonds. The smallest absolute Gasteiger partial charge is 0.256 e. The van der Waals surface area contributed by atoms with Gasteiger partial charge in [0.2, 0.25) is 5.95 Å². The number of anilines is 2. The fourth-order valence-corrected chi connectivity index (χ4v) is 3.17. The number of aromatic nitrogens is 3. The van der Waals surface area contributed by atoms with Crippen molar-refractivity contribution in [3.8, 4) is 0 Å². The zero-order valence-electron chi connectivity index (χ0n) is 14.8. The van der Waals surface area contributed by atoms with E-state index in [1.807, 2.05) is 45.0 Å². The summed E-state index contributed by atoms with van der Waals surface area (Å²) < 4.78 is 7.25. The maximum absolute atomic E-state index is 13.2. The number of rotatable bonds is 3. The minimum absolute atomic E-state index is 0.203. The van der Waals surface area contributed by atoms with Crippen molar-refractivity contribution in [2.24, 2.45) is 0 Å². The van der Waals surface area contributed by atoms with Crippen LogP contribution in [0.15, 0.2) is 58.6 Å². The highest BCUT2D eigenvalue weighted by atomic mass is 16.3. The number of benzene rings is 1. The highest BCUT2D eigenvalue weighted by molar-refractivity contribution is 6.06. The molecular formula is C19H19N5O2. The molecule has 3 heterocycles. The Hall–Kier alpha value is -3.35. The molecule has 7 heteroatoms. The average Bonchev–Trinajstić information content (AvgIpc) is 3.29. The number of amides is 1. The van der Waals surface area contributed by atoms with Gasteiger partial charge in [0.15, 0.2) is 0 Å². The van der Waals surface area contributed by atoms with E-state index in [-0.39, 0.29) is 5.91 Å². The van der Waals surface area contributed by atoms with Gasteiger partial charge in [0.25, 0.3) is 5.91 Å². The molecule has 3 aromatic rings. The average molecular weight is 349 g/mol. The van der Waals surface area contributed by atoms with Crippen molar-refractivity contribution >= 4 is 17.5 Å². The Balaban J connectivity index is 1.75. The highest BCUT2D eigenvalue weighted by Gasteiger charge is 2.35. The van der Waals surface area contributed by atoms with Gasteiger partial charge in [0.05, 0.1) is 11.8 Å². The number of nitrogens with one attached hydrogen (secondary N) is 2. The summed E-state index contributed by atoms with van der Waals surface area (Å²) in [6.45, 7) is 5.86. The fraction of sp³-hybridized carbons (Fsp3) is 0.211. The Kier molecular flexibility index (Phi) is 3.84. The van der Waals surface area contributed by atoms with Gasteiger partial charge in [0, 0.05) is 11.4 Å². The van der Waals surface area contributed by atoms with Crippen LogP contribution in [0.5, 0.6) is 0 Å². The van der Waals surface area contributed by atoms with E-state index < -0.39 is 6.04 Å². The Labute approximate surface area is 150 Å². The summed E-state index contributed by atoms with van der Waals surface area (Å²) >= 11 is 0. The second-order valence-corrected chi connectivity index (χ2v) is 6.31. The minimum atomic E-state index is -0.478. The van der Waals surface area contributed by atoms with Crippen molar-refractivity contribution < 1.29 is 9.21 Å². The quantitative estimate of drug-likeness (QED) is 0.757. The van der Waals surface area contributed by atoms with E-state index in [2.05, 4.69) is 20.7 Å². The molecule has 1 aromatic carbocycles. The maximum atomic E-state index is 13.2. The van der Waals surface area contributed by atoms with E-state index in [1.54, 1.807) is 17.0 Å². The molecule has 26 heavy (non-hydrogen) atoms. The molecule has 0 fully saturated rings. The number of hydrogen-bond acceptors (Lipinski definition) is 5. The molecule has 1 atom stereocenters. The lowest BCUT2D eigenvalue weighted by Gasteiger charge is -2.27. The molecule has 1 aliphatic rings. The van der Waals surface area contributed by atoms with Crippen LogP contribution < -0.4 is 10.6 Å². The van der Waals surface area contributed by atoms with Gasteiger partial charge in [-0.2, -0.15) is 10.1 Å². The van der Waals surface area contributed by atoms with Gasteiger partial charge in [-0.1, -0.05) is 12.1 Å². The maximum Gasteiger partial charge on any atom is 0.256 e. The summed E-state index contributed by atoms with van der Waals surface area (Å²) in [7, 11) is 0. The molecule has 4 rings (SSSR count). The molecule has 1 aliphatic heterocycles. The first-order chi connectivity index (χ1) is 12.6. The van der Waals surface area contributed by atoms with Crippen molar-refractivity contribution in [2.75, 3.05) is 10.6 Å². The summed E-state index contributed by atoms with van der Waals surface area (Å²) in [6.07, 6.45) is 3.04. The number of hydrogen-bond donors (Lipinski definition) is 2. The van der Waals surface area contributed by atoms with Gasteiger partial charge in [-0.05, 0) is 50.1 Å². The Bertz CT molecular complexity index is 1000. The molecule has 7 nitrogen and oxygen atoms in total. The van der Waals surface area contributed by atoms with Crippen molar-refractivity contribution in [1.82, 2.24) is 14.8 Å². The third-order valence-electron chi connectivity index (χ3n) is 4.70. The van der Waals surface area contributed by atoms with Crippen LogP contribution in [0.1, 0.15) is 29.9 Å². The predicted molar refractivity (Wildman–Crippen MR) is 97.7 cm³/mol. The van der Waals surface area contributed by atoms with Gasteiger partial charge in [-0.15, -0.1) is 0 Å². The van der Waals surface area contributed by atoms with E-state index >= 15 is 0 Å². The monoisotopic (exact) mass is 349 g/mol. The lowest BCUT2D eigenvalue weighted by Crippen LogP contribution is -2.31. The number of allylic oxidation sites excluding steroid dienone is 1. The Morgan fingerprint density at radius 1 is 1.23 bits per heavy atom. The first-order valence-electron chi connectivity index (χ1n) is 8.34. The van der Waals surface area contributed by atoms with Gasteiger partial charge in [0.1, 0.15) is 18.1 Å². The summed E-state index contributed by atoms with van der Waals surface area (Å²) in [5, 5.41) is 10.4. The number of carbonyl (C=O) groups is 1. The SMILES string of the molecule is CC1=C(C(=O)Nc2cccc(C)c2C)C(c2ccco2)n2ncnc2N1.